The average molecular weight is 493 g/mol. The lowest BCUT2D eigenvalue weighted by atomic mass is 10.1. The molecule has 5 nitrogen and oxygen atoms in total. The van der Waals surface area contributed by atoms with Crippen molar-refractivity contribution >= 4 is 60.2 Å². The summed E-state index contributed by atoms with van der Waals surface area (Å²) in [4.78, 5) is 23.7. The zero-order valence-corrected chi connectivity index (χ0v) is 17.2. The zero-order chi connectivity index (χ0) is 19.2. The average Bonchev–Trinajstić information content (AvgIpc) is 2.67. The van der Waals surface area contributed by atoms with Crippen LogP contribution in [0.3, 0.4) is 0 Å². The summed E-state index contributed by atoms with van der Waals surface area (Å²) in [5, 5.41) is 4.76. The minimum atomic E-state index is -0.617. The van der Waals surface area contributed by atoms with Gasteiger partial charge in [-0.1, -0.05) is 46.3 Å². The highest BCUT2D eigenvalue weighted by atomic mass is 79.9. The van der Waals surface area contributed by atoms with Gasteiger partial charge in [0, 0.05) is 8.95 Å². The van der Waals surface area contributed by atoms with Gasteiger partial charge in [0.1, 0.15) is 5.75 Å². The molecule has 0 atom stereocenters. The maximum Gasteiger partial charge on any atom is 0.344 e. The third-order valence-corrected chi connectivity index (χ3v) is 4.80. The molecule has 3 aromatic rings. The van der Waals surface area contributed by atoms with E-state index in [1.165, 1.54) is 0 Å². The number of benzene rings is 3. The molecule has 0 aliphatic rings. The van der Waals surface area contributed by atoms with Crippen molar-refractivity contribution in [3.63, 3.8) is 0 Å². The van der Waals surface area contributed by atoms with Crippen LogP contribution in [0.1, 0.15) is 0 Å². The monoisotopic (exact) mass is 491 g/mol. The summed E-state index contributed by atoms with van der Waals surface area (Å²) >= 11 is 6.69. The van der Waals surface area contributed by atoms with Crippen LogP contribution in [0.4, 0.5) is 5.69 Å². The Balaban J connectivity index is 1.46. The lowest BCUT2D eigenvalue weighted by Crippen LogP contribution is -2.23. The molecule has 138 valence electrons. The molecule has 27 heavy (non-hydrogen) atoms. The summed E-state index contributed by atoms with van der Waals surface area (Å²) in [5.74, 6) is -0.487. The highest BCUT2D eigenvalue weighted by molar-refractivity contribution is 9.11. The highest BCUT2D eigenvalue weighted by Gasteiger charge is 2.10. The summed E-state index contributed by atoms with van der Waals surface area (Å²) in [5.41, 5.74) is 0.590. The van der Waals surface area contributed by atoms with Crippen LogP contribution in [0, 0.1) is 0 Å². The number of fused-ring (bicyclic) bond motifs is 1. The Bertz CT molecular complexity index is 991. The topological polar surface area (TPSA) is 64.6 Å². The van der Waals surface area contributed by atoms with Crippen LogP contribution in [0.25, 0.3) is 10.8 Å². The smallest absolute Gasteiger partial charge is 0.344 e. The molecule has 3 rings (SSSR count). The molecular formula is C20H15Br2NO4. The number of carbonyl (C=O) groups is 2. The van der Waals surface area contributed by atoms with Crippen LogP contribution >= 0.6 is 31.9 Å². The molecule has 0 aromatic heterocycles. The number of esters is 1. The zero-order valence-electron chi connectivity index (χ0n) is 14.1. The van der Waals surface area contributed by atoms with E-state index in [0.717, 1.165) is 19.7 Å². The lowest BCUT2D eigenvalue weighted by molar-refractivity contribution is -0.149. The van der Waals surface area contributed by atoms with Gasteiger partial charge in [-0.25, -0.2) is 4.79 Å². The summed E-state index contributed by atoms with van der Waals surface area (Å²) in [6.45, 7) is -0.657. The summed E-state index contributed by atoms with van der Waals surface area (Å²) in [7, 11) is 0. The molecule has 0 radical (unpaired) electrons. The van der Waals surface area contributed by atoms with Crippen molar-refractivity contribution in [3.05, 3.63) is 69.6 Å². The van der Waals surface area contributed by atoms with Crippen molar-refractivity contribution in [3.8, 4) is 5.75 Å². The van der Waals surface area contributed by atoms with Gasteiger partial charge >= 0.3 is 5.97 Å². The van der Waals surface area contributed by atoms with E-state index < -0.39 is 11.9 Å². The van der Waals surface area contributed by atoms with Crippen molar-refractivity contribution in [2.24, 2.45) is 0 Å². The van der Waals surface area contributed by atoms with Crippen molar-refractivity contribution in [1.82, 2.24) is 0 Å². The molecule has 0 aliphatic heterocycles. The number of hydrogen-bond acceptors (Lipinski definition) is 4. The number of halogens is 2. The van der Waals surface area contributed by atoms with Gasteiger partial charge in [0.2, 0.25) is 0 Å². The minimum Gasteiger partial charge on any atom is -0.482 e. The number of rotatable bonds is 6. The number of carbonyl (C=O) groups excluding carboxylic acids is 2. The van der Waals surface area contributed by atoms with Crippen LogP contribution in [0.5, 0.6) is 5.75 Å². The first-order valence-corrected chi connectivity index (χ1v) is 9.62. The van der Waals surface area contributed by atoms with E-state index in [1.54, 1.807) is 24.3 Å². The number of nitrogens with one attached hydrogen (secondary N) is 1. The molecule has 0 saturated heterocycles. The Morgan fingerprint density at radius 2 is 1.67 bits per heavy atom. The number of amides is 1. The molecule has 3 aromatic carbocycles. The fourth-order valence-corrected chi connectivity index (χ4v) is 3.51. The minimum absolute atomic E-state index is 0.270. The van der Waals surface area contributed by atoms with Gasteiger partial charge in [-0.15, -0.1) is 0 Å². The van der Waals surface area contributed by atoms with Crippen molar-refractivity contribution < 1.29 is 19.1 Å². The molecule has 0 spiro atoms. The van der Waals surface area contributed by atoms with Gasteiger partial charge in [-0.05, 0) is 57.0 Å². The molecule has 0 bridgehead atoms. The molecule has 0 unspecified atom stereocenters. The maximum atomic E-state index is 11.9. The van der Waals surface area contributed by atoms with Gasteiger partial charge in [-0.2, -0.15) is 0 Å². The highest BCUT2D eigenvalue weighted by Crippen LogP contribution is 2.26. The molecule has 0 heterocycles. The molecule has 0 aliphatic carbocycles. The normalized spacial score (nSPS) is 10.4. The van der Waals surface area contributed by atoms with E-state index in [1.807, 2.05) is 36.4 Å². The van der Waals surface area contributed by atoms with Crippen molar-refractivity contribution in [2.75, 3.05) is 18.5 Å². The third-order valence-electron chi connectivity index (χ3n) is 3.65. The first-order chi connectivity index (χ1) is 13.0. The van der Waals surface area contributed by atoms with Crippen LogP contribution < -0.4 is 10.1 Å². The van der Waals surface area contributed by atoms with Crippen molar-refractivity contribution in [1.29, 1.82) is 0 Å². The fourth-order valence-electron chi connectivity index (χ4n) is 2.36. The van der Waals surface area contributed by atoms with Crippen molar-refractivity contribution in [2.45, 2.75) is 0 Å². The first kappa shape index (κ1) is 19.4. The van der Waals surface area contributed by atoms with E-state index in [0.29, 0.717) is 11.4 Å². The van der Waals surface area contributed by atoms with Crippen LogP contribution in [-0.4, -0.2) is 25.1 Å². The lowest BCUT2D eigenvalue weighted by Gasteiger charge is -2.09. The molecule has 0 fully saturated rings. The molecule has 0 saturated carbocycles. The summed E-state index contributed by atoms with van der Waals surface area (Å²) < 4.78 is 12.0. The summed E-state index contributed by atoms with van der Waals surface area (Å²) in [6.07, 6.45) is 0. The van der Waals surface area contributed by atoms with E-state index in [4.69, 9.17) is 9.47 Å². The van der Waals surface area contributed by atoms with E-state index in [9.17, 15) is 9.59 Å². The fraction of sp³-hybridized carbons (Fsp3) is 0.100. The molecule has 1 amide bonds. The second kappa shape index (κ2) is 9.01. The second-order valence-corrected chi connectivity index (χ2v) is 7.40. The van der Waals surface area contributed by atoms with E-state index in [-0.39, 0.29) is 13.2 Å². The standard InChI is InChI=1S/C20H15Br2NO4/c21-15-6-8-18(17(22)10-15)23-19(24)11-27-20(25)12-26-16-7-5-13-3-1-2-4-14(13)9-16/h1-10H,11-12H2,(H,23,24). The largest absolute Gasteiger partial charge is 0.482 e. The van der Waals surface area contributed by atoms with E-state index >= 15 is 0 Å². The predicted octanol–water partition coefficient (Wildman–Crippen LogP) is 4.93. The molecular weight excluding hydrogens is 478 g/mol. The SMILES string of the molecule is O=C(COC(=O)COc1ccc2ccccc2c1)Nc1ccc(Br)cc1Br. The Labute approximate surface area is 172 Å². The number of ether oxygens (including phenoxy) is 2. The van der Waals surface area contributed by atoms with Crippen LogP contribution in [0.15, 0.2) is 69.6 Å². The van der Waals surface area contributed by atoms with Gasteiger partial charge in [0.15, 0.2) is 13.2 Å². The quantitative estimate of drug-likeness (QED) is 0.496. The summed E-state index contributed by atoms with van der Waals surface area (Å²) in [6, 6.07) is 18.7. The van der Waals surface area contributed by atoms with Gasteiger partial charge in [-0.3, -0.25) is 4.79 Å². The molecule has 1 N–H and O–H groups in total. The third kappa shape index (κ3) is 5.55. The van der Waals surface area contributed by atoms with Crippen LogP contribution in [0.2, 0.25) is 0 Å². The number of hydrogen-bond donors (Lipinski definition) is 1. The number of anilines is 1. The second-order valence-electron chi connectivity index (χ2n) is 5.63. The van der Waals surface area contributed by atoms with Gasteiger partial charge < -0.3 is 14.8 Å². The van der Waals surface area contributed by atoms with Gasteiger partial charge in [0.05, 0.1) is 5.69 Å². The van der Waals surface area contributed by atoms with E-state index in [2.05, 4.69) is 37.2 Å². The van der Waals surface area contributed by atoms with Crippen LogP contribution in [-0.2, 0) is 14.3 Å². The first-order valence-electron chi connectivity index (χ1n) is 8.03. The Morgan fingerprint density at radius 1 is 0.889 bits per heavy atom. The Hall–Kier alpha value is -2.38. The Kier molecular flexibility index (Phi) is 6.47. The predicted molar refractivity (Wildman–Crippen MR) is 111 cm³/mol. The van der Waals surface area contributed by atoms with Gasteiger partial charge in [0.25, 0.3) is 5.91 Å². The Morgan fingerprint density at radius 3 is 2.44 bits per heavy atom. The maximum absolute atomic E-state index is 11.9. The molecule has 7 heteroatoms.